The van der Waals surface area contributed by atoms with Gasteiger partial charge in [0.05, 0.1) is 11.7 Å². The number of carbonyl (C=O) groups excluding carboxylic acids is 1. The largest absolute Gasteiger partial charge is 0.433 e. The lowest BCUT2D eigenvalue weighted by Crippen LogP contribution is -2.40. The average molecular weight is 403 g/mol. The maximum Gasteiger partial charge on any atom is 0.433 e. The van der Waals surface area contributed by atoms with E-state index < -0.39 is 24.1 Å². The molecule has 2 atom stereocenters. The van der Waals surface area contributed by atoms with E-state index in [9.17, 15) is 22.4 Å². The number of hydrogen-bond acceptors (Lipinski definition) is 4. The van der Waals surface area contributed by atoms with Gasteiger partial charge in [-0.25, -0.2) is 9.37 Å². The van der Waals surface area contributed by atoms with Gasteiger partial charge in [0.25, 0.3) is 0 Å². The predicted octanol–water partition coefficient (Wildman–Crippen LogP) is 3.13. The van der Waals surface area contributed by atoms with Crippen LogP contribution in [-0.4, -0.2) is 34.6 Å². The van der Waals surface area contributed by atoms with Crippen LogP contribution < -0.4 is 10.6 Å². The Morgan fingerprint density at radius 2 is 2.11 bits per heavy atom. The van der Waals surface area contributed by atoms with E-state index in [1.165, 1.54) is 12.1 Å². The van der Waals surface area contributed by atoms with Crippen LogP contribution in [0.3, 0.4) is 0 Å². The van der Waals surface area contributed by atoms with Crippen molar-refractivity contribution in [2.24, 2.45) is 0 Å². The molecule has 144 valence electrons. The van der Waals surface area contributed by atoms with Crippen LogP contribution in [0.2, 0.25) is 5.15 Å². The standard InChI is InChI=1S/C17H15ClF4N4O/c18-15-4-9(6-25-16(27)13-5-11(19)8-23-13)3-12(26-15)10-1-2-14(24-7-10)17(20,21)22/h1-4,7,11,13,23H,5-6,8H2,(H,25,27)/t11-,13+/m1/s1. The number of rotatable bonds is 4. The maximum absolute atomic E-state index is 13.1. The molecule has 1 amide bonds. The predicted molar refractivity (Wildman–Crippen MR) is 90.6 cm³/mol. The first-order valence-corrected chi connectivity index (χ1v) is 8.45. The first-order valence-electron chi connectivity index (χ1n) is 8.07. The zero-order chi connectivity index (χ0) is 19.6. The molecule has 0 bridgehead atoms. The molecule has 0 spiro atoms. The number of halogens is 5. The summed E-state index contributed by atoms with van der Waals surface area (Å²) in [6, 6.07) is 4.65. The van der Waals surface area contributed by atoms with Crippen molar-refractivity contribution in [1.82, 2.24) is 20.6 Å². The van der Waals surface area contributed by atoms with Gasteiger partial charge in [-0.3, -0.25) is 9.78 Å². The molecule has 3 heterocycles. The summed E-state index contributed by atoms with van der Waals surface area (Å²) in [6.45, 7) is 0.265. The van der Waals surface area contributed by atoms with Crippen LogP contribution >= 0.6 is 11.6 Å². The fourth-order valence-corrected chi connectivity index (χ4v) is 2.95. The fraction of sp³-hybridized carbons (Fsp3) is 0.353. The SMILES string of the molecule is O=C(NCc1cc(Cl)nc(-c2ccc(C(F)(F)F)nc2)c1)[C@@H]1C[C@@H](F)CN1. The molecular formula is C17H15ClF4N4O. The maximum atomic E-state index is 13.1. The van der Waals surface area contributed by atoms with E-state index in [4.69, 9.17) is 11.6 Å². The molecule has 2 N–H and O–H groups in total. The van der Waals surface area contributed by atoms with E-state index in [1.54, 1.807) is 6.07 Å². The van der Waals surface area contributed by atoms with Crippen LogP contribution in [0.25, 0.3) is 11.3 Å². The number of aromatic nitrogens is 2. The molecular weight excluding hydrogens is 388 g/mol. The molecule has 0 unspecified atom stereocenters. The second-order valence-electron chi connectivity index (χ2n) is 6.12. The number of amides is 1. The first kappa shape index (κ1) is 19.5. The van der Waals surface area contributed by atoms with E-state index >= 15 is 0 Å². The Kier molecular flexibility index (Phi) is 5.61. The average Bonchev–Trinajstić information content (AvgIpc) is 3.05. The Hall–Kier alpha value is -2.26. The normalized spacial score (nSPS) is 19.9. The molecule has 1 aliphatic heterocycles. The monoisotopic (exact) mass is 402 g/mol. The van der Waals surface area contributed by atoms with Crippen molar-refractivity contribution in [1.29, 1.82) is 0 Å². The molecule has 3 rings (SSSR count). The molecule has 2 aromatic rings. The number of carbonyl (C=O) groups is 1. The van der Waals surface area contributed by atoms with Crippen LogP contribution in [0.15, 0.2) is 30.5 Å². The van der Waals surface area contributed by atoms with Crippen molar-refractivity contribution in [2.45, 2.75) is 31.4 Å². The second-order valence-corrected chi connectivity index (χ2v) is 6.51. The summed E-state index contributed by atoms with van der Waals surface area (Å²) in [6.07, 6.45) is -4.39. The van der Waals surface area contributed by atoms with Crippen molar-refractivity contribution < 1.29 is 22.4 Å². The third kappa shape index (κ3) is 4.92. The molecule has 1 fully saturated rings. The lowest BCUT2D eigenvalue weighted by Gasteiger charge is -2.12. The number of nitrogens with zero attached hydrogens (tertiary/aromatic N) is 2. The minimum Gasteiger partial charge on any atom is -0.351 e. The second kappa shape index (κ2) is 7.77. The zero-order valence-corrected chi connectivity index (χ0v) is 14.6. The van der Waals surface area contributed by atoms with Gasteiger partial charge in [-0.15, -0.1) is 0 Å². The Balaban J connectivity index is 1.71. The van der Waals surface area contributed by atoms with Gasteiger partial charge in [0.2, 0.25) is 5.91 Å². The third-order valence-corrected chi connectivity index (χ3v) is 4.26. The summed E-state index contributed by atoms with van der Waals surface area (Å²) in [5.74, 6) is -0.333. The highest BCUT2D eigenvalue weighted by Crippen LogP contribution is 2.29. The highest BCUT2D eigenvalue weighted by atomic mass is 35.5. The highest BCUT2D eigenvalue weighted by molar-refractivity contribution is 6.29. The molecule has 0 radical (unpaired) electrons. The summed E-state index contributed by atoms with van der Waals surface area (Å²) in [7, 11) is 0. The van der Waals surface area contributed by atoms with Gasteiger partial charge in [0.1, 0.15) is 17.0 Å². The van der Waals surface area contributed by atoms with Crippen molar-refractivity contribution in [3.8, 4) is 11.3 Å². The summed E-state index contributed by atoms with van der Waals surface area (Å²) < 4.78 is 51.0. The van der Waals surface area contributed by atoms with E-state index in [1.807, 2.05) is 0 Å². The van der Waals surface area contributed by atoms with Gasteiger partial charge in [-0.1, -0.05) is 11.6 Å². The van der Waals surface area contributed by atoms with Crippen LogP contribution in [0.4, 0.5) is 17.6 Å². The topological polar surface area (TPSA) is 66.9 Å². The third-order valence-electron chi connectivity index (χ3n) is 4.06. The van der Waals surface area contributed by atoms with Crippen LogP contribution in [-0.2, 0) is 17.5 Å². The first-order chi connectivity index (χ1) is 12.7. The van der Waals surface area contributed by atoms with Gasteiger partial charge in [-0.2, -0.15) is 13.2 Å². The Morgan fingerprint density at radius 3 is 2.70 bits per heavy atom. The molecule has 5 nitrogen and oxygen atoms in total. The summed E-state index contributed by atoms with van der Waals surface area (Å²) in [4.78, 5) is 19.5. The molecule has 27 heavy (non-hydrogen) atoms. The Morgan fingerprint density at radius 1 is 1.33 bits per heavy atom. The fourth-order valence-electron chi connectivity index (χ4n) is 2.72. The smallest absolute Gasteiger partial charge is 0.351 e. The van der Waals surface area contributed by atoms with E-state index in [0.29, 0.717) is 16.8 Å². The molecule has 2 aromatic heterocycles. The van der Waals surface area contributed by atoms with Crippen molar-refractivity contribution in [3.63, 3.8) is 0 Å². The van der Waals surface area contributed by atoms with Crippen molar-refractivity contribution in [2.75, 3.05) is 6.54 Å². The van der Waals surface area contributed by atoms with E-state index in [2.05, 4.69) is 20.6 Å². The van der Waals surface area contributed by atoms with Crippen molar-refractivity contribution in [3.05, 3.63) is 46.9 Å². The molecule has 0 saturated carbocycles. The van der Waals surface area contributed by atoms with Crippen molar-refractivity contribution >= 4 is 17.5 Å². The lowest BCUT2D eigenvalue weighted by molar-refractivity contribution is -0.141. The molecule has 1 aliphatic rings. The zero-order valence-electron chi connectivity index (χ0n) is 13.9. The quantitative estimate of drug-likeness (QED) is 0.609. The lowest BCUT2D eigenvalue weighted by atomic mass is 10.1. The summed E-state index contributed by atoms with van der Waals surface area (Å²) in [5, 5.41) is 5.58. The van der Waals surface area contributed by atoms with Crippen LogP contribution in [0.5, 0.6) is 0 Å². The van der Waals surface area contributed by atoms with Gasteiger partial charge in [0.15, 0.2) is 0 Å². The van der Waals surface area contributed by atoms with Crippen LogP contribution in [0, 0.1) is 0 Å². The van der Waals surface area contributed by atoms with Gasteiger partial charge < -0.3 is 10.6 Å². The van der Waals surface area contributed by atoms with E-state index in [-0.39, 0.29) is 30.6 Å². The number of hydrogen-bond donors (Lipinski definition) is 2. The molecule has 1 saturated heterocycles. The van der Waals surface area contributed by atoms with Gasteiger partial charge in [-0.05, 0) is 29.8 Å². The minimum absolute atomic E-state index is 0.116. The Labute approximate surface area is 157 Å². The van der Waals surface area contributed by atoms with Gasteiger partial charge >= 0.3 is 6.18 Å². The van der Waals surface area contributed by atoms with E-state index in [0.717, 1.165) is 12.3 Å². The van der Waals surface area contributed by atoms with Crippen LogP contribution in [0.1, 0.15) is 17.7 Å². The summed E-state index contributed by atoms with van der Waals surface area (Å²) in [5.41, 5.74) is 0.288. The number of alkyl halides is 4. The Bertz CT molecular complexity index is 829. The van der Waals surface area contributed by atoms with Gasteiger partial charge in [0, 0.05) is 31.3 Å². The number of pyridine rings is 2. The molecule has 0 aromatic carbocycles. The highest BCUT2D eigenvalue weighted by Gasteiger charge is 2.32. The molecule has 0 aliphatic carbocycles. The molecule has 10 heteroatoms. The number of nitrogens with one attached hydrogen (secondary N) is 2. The minimum atomic E-state index is -4.53. The summed E-state index contributed by atoms with van der Waals surface area (Å²) >= 11 is 5.98.